The second-order valence-electron chi connectivity index (χ2n) is 4.95. The predicted molar refractivity (Wildman–Crippen MR) is 77.4 cm³/mol. The second-order valence-corrected chi connectivity index (χ2v) is 5.87. The van der Waals surface area contributed by atoms with Crippen LogP contribution in [0.1, 0.15) is 13.8 Å². The van der Waals surface area contributed by atoms with Gasteiger partial charge in [-0.1, -0.05) is 35.8 Å². The summed E-state index contributed by atoms with van der Waals surface area (Å²) in [4.78, 5) is 5.00. The molecule has 1 heterocycles. The van der Waals surface area contributed by atoms with Crippen LogP contribution in [-0.4, -0.2) is 37.6 Å². The Morgan fingerprint density at radius 3 is 2.47 bits per heavy atom. The van der Waals surface area contributed by atoms with Gasteiger partial charge in [0.15, 0.2) is 0 Å². The van der Waals surface area contributed by atoms with Crippen molar-refractivity contribution < 1.29 is 0 Å². The Labute approximate surface area is 113 Å². The van der Waals surface area contributed by atoms with Crippen molar-refractivity contribution in [2.75, 3.05) is 37.6 Å². The van der Waals surface area contributed by atoms with Gasteiger partial charge in [-0.25, -0.2) is 0 Å². The predicted octanol–water partition coefficient (Wildman–Crippen LogP) is 3.19. The summed E-state index contributed by atoms with van der Waals surface area (Å²) in [6.07, 6.45) is 0. The number of nitrogens with zero attached hydrogens (tertiary/aromatic N) is 2. The van der Waals surface area contributed by atoms with Crippen LogP contribution in [0, 0.1) is 5.92 Å². The van der Waals surface area contributed by atoms with Gasteiger partial charge in [-0.2, -0.15) is 0 Å². The maximum absolute atomic E-state index is 3.53. The molecule has 0 atom stereocenters. The molecule has 1 saturated heterocycles. The molecule has 0 aromatic heterocycles. The zero-order chi connectivity index (χ0) is 12.3. The molecular weight excluding hydrogens is 276 g/mol. The largest absolute Gasteiger partial charge is 0.369 e. The van der Waals surface area contributed by atoms with Crippen LogP contribution in [0.5, 0.6) is 0 Å². The van der Waals surface area contributed by atoms with Crippen LogP contribution in [0.3, 0.4) is 0 Å². The third-order valence-corrected chi connectivity index (χ3v) is 3.58. The van der Waals surface area contributed by atoms with Crippen molar-refractivity contribution >= 4 is 21.6 Å². The Balaban J connectivity index is 1.91. The van der Waals surface area contributed by atoms with Crippen LogP contribution in [0.15, 0.2) is 28.7 Å². The lowest BCUT2D eigenvalue weighted by atomic mass is 10.2. The van der Waals surface area contributed by atoms with Crippen molar-refractivity contribution in [3.05, 3.63) is 34.7 Å². The minimum Gasteiger partial charge on any atom is -0.369 e. The van der Waals surface area contributed by atoms with Crippen molar-refractivity contribution in [3.8, 4) is 0 Å². The molecule has 0 aliphatic carbocycles. The van der Waals surface area contributed by atoms with Gasteiger partial charge in [0, 0.05) is 42.9 Å². The molecule has 0 amide bonds. The van der Waals surface area contributed by atoms with E-state index in [0.717, 1.165) is 37.2 Å². The minimum absolute atomic E-state index is 1.13. The van der Waals surface area contributed by atoms with Crippen LogP contribution in [0.4, 0.5) is 5.69 Å². The van der Waals surface area contributed by atoms with Gasteiger partial charge in [0.1, 0.15) is 0 Å². The van der Waals surface area contributed by atoms with Gasteiger partial charge < -0.3 is 4.90 Å². The monoisotopic (exact) mass is 295 g/mol. The molecule has 0 saturated carbocycles. The fraction of sp³-hybridized carbons (Fsp3) is 0.500. The number of anilines is 1. The fourth-order valence-corrected chi connectivity index (χ4v) is 2.67. The summed E-state index contributed by atoms with van der Waals surface area (Å²) in [5.41, 5.74) is 1.33. The van der Waals surface area contributed by atoms with E-state index in [4.69, 9.17) is 0 Å². The second kappa shape index (κ2) is 5.87. The Hall–Kier alpha value is -0.540. The van der Waals surface area contributed by atoms with Gasteiger partial charge in [-0.15, -0.1) is 0 Å². The number of benzene rings is 1. The zero-order valence-corrected chi connectivity index (χ0v) is 12.2. The van der Waals surface area contributed by atoms with Gasteiger partial charge in [-0.3, -0.25) is 4.90 Å². The average molecular weight is 296 g/mol. The highest BCUT2D eigenvalue weighted by Gasteiger charge is 2.17. The minimum atomic E-state index is 1.13. The Bertz CT molecular complexity index is 357. The van der Waals surface area contributed by atoms with Crippen molar-refractivity contribution in [1.29, 1.82) is 0 Å². The summed E-state index contributed by atoms with van der Waals surface area (Å²) in [5, 5.41) is 0. The summed E-state index contributed by atoms with van der Waals surface area (Å²) < 4.78 is 1.16. The number of halogens is 1. The van der Waals surface area contributed by atoms with E-state index in [9.17, 15) is 0 Å². The molecule has 1 aliphatic heterocycles. The molecule has 0 spiro atoms. The van der Waals surface area contributed by atoms with Gasteiger partial charge in [0.2, 0.25) is 0 Å². The maximum atomic E-state index is 3.53. The third kappa shape index (κ3) is 3.71. The molecule has 1 aromatic carbocycles. The van der Waals surface area contributed by atoms with Crippen molar-refractivity contribution in [1.82, 2.24) is 4.90 Å². The number of piperazine rings is 1. The molecule has 1 aromatic rings. The van der Waals surface area contributed by atoms with Crippen LogP contribution in [0.2, 0.25) is 0 Å². The maximum Gasteiger partial charge on any atom is 0.0378 e. The van der Waals surface area contributed by atoms with E-state index in [1.165, 1.54) is 11.6 Å². The average Bonchev–Trinajstić information content (AvgIpc) is 2.29. The summed E-state index contributed by atoms with van der Waals surface area (Å²) in [6.45, 7) is 10.1. The molecule has 0 bridgehead atoms. The molecule has 17 heavy (non-hydrogen) atoms. The number of rotatable bonds is 3. The molecule has 93 valence electrons. The Morgan fingerprint density at radius 1 is 1.18 bits per heavy atom. The first-order valence-electron chi connectivity index (χ1n) is 6.17. The topological polar surface area (TPSA) is 6.48 Å². The van der Waals surface area contributed by atoms with E-state index in [2.05, 4.69) is 63.8 Å². The van der Waals surface area contributed by atoms with E-state index >= 15 is 0 Å². The normalized spacial score (nSPS) is 17.8. The molecule has 0 unspecified atom stereocenters. The van der Waals surface area contributed by atoms with E-state index < -0.39 is 0 Å². The van der Waals surface area contributed by atoms with E-state index in [0.29, 0.717) is 0 Å². The quantitative estimate of drug-likeness (QED) is 0.845. The van der Waals surface area contributed by atoms with Crippen LogP contribution < -0.4 is 4.90 Å². The highest BCUT2D eigenvalue weighted by molar-refractivity contribution is 9.10. The van der Waals surface area contributed by atoms with Crippen molar-refractivity contribution in [3.63, 3.8) is 0 Å². The summed E-state index contributed by atoms with van der Waals surface area (Å²) in [5.74, 6) is 1.50. The lowest BCUT2D eigenvalue weighted by Crippen LogP contribution is -2.47. The molecule has 3 heteroatoms. The highest BCUT2D eigenvalue weighted by atomic mass is 79.9. The first-order chi connectivity index (χ1) is 8.15. The van der Waals surface area contributed by atoms with Gasteiger partial charge >= 0.3 is 0 Å². The smallest absolute Gasteiger partial charge is 0.0378 e. The van der Waals surface area contributed by atoms with E-state index in [1.807, 2.05) is 0 Å². The molecule has 2 nitrogen and oxygen atoms in total. The highest BCUT2D eigenvalue weighted by Crippen LogP contribution is 2.21. The first-order valence-corrected chi connectivity index (χ1v) is 6.96. The zero-order valence-electron chi connectivity index (χ0n) is 10.6. The summed E-state index contributed by atoms with van der Waals surface area (Å²) in [7, 11) is 0. The van der Waals surface area contributed by atoms with E-state index in [1.54, 1.807) is 0 Å². The molecule has 2 rings (SSSR count). The van der Waals surface area contributed by atoms with Crippen LogP contribution in [-0.2, 0) is 0 Å². The van der Waals surface area contributed by atoms with Crippen LogP contribution >= 0.6 is 15.9 Å². The number of hydrogen-bond donors (Lipinski definition) is 0. The summed E-state index contributed by atoms with van der Waals surface area (Å²) >= 11 is 3.53. The molecule has 1 radical (unpaired) electrons. The van der Waals surface area contributed by atoms with Gasteiger partial charge in [0.05, 0.1) is 0 Å². The van der Waals surface area contributed by atoms with Crippen molar-refractivity contribution in [2.24, 2.45) is 0 Å². The molecule has 1 aliphatic rings. The molecule has 1 fully saturated rings. The standard InChI is InChI=1S/C14H20BrN2/c1-12(2)11-16-6-8-17(9-7-16)14-5-3-4-13(15)10-14/h3-5,10H,6-9,11H2,1-2H3. The van der Waals surface area contributed by atoms with E-state index in [-0.39, 0.29) is 0 Å². The van der Waals surface area contributed by atoms with Gasteiger partial charge in [0.25, 0.3) is 0 Å². The Kier molecular flexibility index (Phi) is 4.46. The molecule has 0 N–H and O–H groups in total. The fourth-order valence-electron chi connectivity index (χ4n) is 2.28. The summed E-state index contributed by atoms with van der Waals surface area (Å²) in [6, 6.07) is 8.58. The lowest BCUT2D eigenvalue weighted by Gasteiger charge is -2.36. The van der Waals surface area contributed by atoms with Crippen molar-refractivity contribution in [2.45, 2.75) is 13.8 Å². The van der Waals surface area contributed by atoms with Gasteiger partial charge in [-0.05, 0) is 24.1 Å². The van der Waals surface area contributed by atoms with Crippen LogP contribution in [0.25, 0.3) is 0 Å². The number of hydrogen-bond acceptors (Lipinski definition) is 2. The third-order valence-electron chi connectivity index (χ3n) is 3.09. The lowest BCUT2D eigenvalue weighted by molar-refractivity contribution is 0.267. The first kappa shape index (κ1) is 12.9. The SMILES string of the molecule is C[C](C)CN1CCN(c2cccc(Br)c2)CC1. The molecular formula is C14H20BrN2. The Morgan fingerprint density at radius 2 is 1.88 bits per heavy atom.